The van der Waals surface area contributed by atoms with Gasteiger partial charge in [-0.1, -0.05) is 0 Å². The second-order valence-electron chi connectivity index (χ2n) is 1.44. The maximum atomic E-state index is 11.7. The van der Waals surface area contributed by atoms with Crippen LogP contribution in [0.2, 0.25) is 0 Å². The van der Waals surface area contributed by atoms with Gasteiger partial charge in [0, 0.05) is 0 Å². The van der Waals surface area contributed by atoms with Gasteiger partial charge in [-0.2, -0.15) is 8.78 Å². The van der Waals surface area contributed by atoms with Crippen molar-refractivity contribution in [2.24, 2.45) is 0 Å². The van der Waals surface area contributed by atoms with Crippen LogP contribution >= 0.6 is 0 Å². The van der Waals surface area contributed by atoms with Crippen molar-refractivity contribution in [2.45, 2.75) is 12.3 Å². The lowest BCUT2D eigenvalue weighted by molar-refractivity contribution is -0.289. The molecule has 0 fully saturated rings. The topological polar surface area (TPSA) is 9.23 Å². The SMILES string of the molecule is FCOC(F)(F)C(F)CF. The molecule has 0 rings (SSSR count). The first-order chi connectivity index (χ1) is 4.54. The molecule has 6 heteroatoms. The highest BCUT2D eigenvalue weighted by molar-refractivity contribution is 4.64. The Bertz CT molecular complexity index is 95.6. The minimum absolute atomic E-state index is 1.84. The largest absolute Gasteiger partial charge is 0.391 e. The minimum Gasteiger partial charge on any atom is -0.286 e. The average Bonchev–Trinajstić information content (AvgIpc) is 1.86. The molecule has 1 atom stereocenters. The lowest BCUT2D eigenvalue weighted by Gasteiger charge is -2.15. The van der Waals surface area contributed by atoms with E-state index in [1.807, 2.05) is 0 Å². The van der Waals surface area contributed by atoms with Crippen molar-refractivity contribution in [2.75, 3.05) is 13.5 Å². The van der Waals surface area contributed by atoms with Gasteiger partial charge in [0.15, 0.2) is 6.86 Å². The predicted molar refractivity (Wildman–Crippen MR) is 22.9 cm³/mol. The molecule has 0 spiro atoms. The van der Waals surface area contributed by atoms with Gasteiger partial charge < -0.3 is 0 Å². The minimum atomic E-state index is -4.36. The first-order valence-corrected chi connectivity index (χ1v) is 2.32. The van der Waals surface area contributed by atoms with Gasteiger partial charge in [0.2, 0.25) is 6.17 Å². The molecule has 0 bridgehead atoms. The van der Waals surface area contributed by atoms with Crippen molar-refractivity contribution >= 4 is 0 Å². The number of hydrogen-bond donors (Lipinski definition) is 0. The molecule has 10 heavy (non-hydrogen) atoms. The van der Waals surface area contributed by atoms with Crippen molar-refractivity contribution in [3.8, 4) is 0 Å². The molecular weight excluding hydrogens is 159 g/mol. The third-order valence-corrected chi connectivity index (χ3v) is 0.747. The van der Waals surface area contributed by atoms with E-state index < -0.39 is 25.8 Å². The summed E-state index contributed by atoms with van der Waals surface area (Å²) in [6.45, 7) is -3.74. The fraction of sp³-hybridized carbons (Fsp3) is 1.00. The fourth-order valence-electron chi connectivity index (χ4n) is 0.253. The van der Waals surface area contributed by atoms with Gasteiger partial charge in [0.25, 0.3) is 0 Å². The number of rotatable bonds is 4. The molecule has 0 heterocycles. The molecule has 0 aliphatic rings. The van der Waals surface area contributed by atoms with Gasteiger partial charge >= 0.3 is 6.11 Å². The van der Waals surface area contributed by atoms with E-state index in [0.29, 0.717) is 0 Å². The molecule has 0 saturated carbocycles. The second-order valence-corrected chi connectivity index (χ2v) is 1.44. The summed E-state index contributed by atoms with van der Waals surface area (Å²) < 4.78 is 60.3. The molecule has 0 saturated heterocycles. The van der Waals surface area contributed by atoms with Crippen LogP contribution in [-0.4, -0.2) is 25.8 Å². The van der Waals surface area contributed by atoms with E-state index in [4.69, 9.17) is 0 Å². The molecule has 0 radical (unpaired) electrons. The molecule has 0 aliphatic heterocycles. The summed E-state index contributed by atoms with van der Waals surface area (Å²) in [5.41, 5.74) is 0. The van der Waals surface area contributed by atoms with E-state index in [0.717, 1.165) is 0 Å². The number of ether oxygens (including phenoxy) is 1. The van der Waals surface area contributed by atoms with Crippen LogP contribution in [0.25, 0.3) is 0 Å². The highest BCUT2D eigenvalue weighted by Gasteiger charge is 2.41. The summed E-state index contributed by atoms with van der Waals surface area (Å²) in [4.78, 5) is 0. The van der Waals surface area contributed by atoms with Gasteiger partial charge in [-0.05, 0) is 0 Å². The lowest BCUT2D eigenvalue weighted by Crippen LogP contribution is -2.34. The zero-order valence-corrected chi connectivity index (χ0v) is 4.79. The molecular formula is C4H5F5O. The number of halogens is 5. The van der Waals surface area contributed by atoms with E-state index in [1.54, 1.807) is 0 Å². The quantitative estimate of drug-likeness (QED) is 0.576. The van der Waals surface area contributed by atoms with E-state index >= 15 is 0 Å². The molecule has 0 N–H and O–H groups in total. The highest BCUT2D eigenvalue weighted by atomic mass is 19.3. The van der Waals surface area contributed by atoms with Crippen molar-refractivity contribution in [1.82, 2.24) is 0 Å². The van der Waals surface area contributed by atoms with Crippen LogP contribution in [-0.2, 0) is 4.74 Å². The average molecular weight is 164 g/mol. The molecule has 0 amide bonds. The van der Waals surface area contributed by atoms with Gasteiger partial charge in [0.05, 0.1) is 0 Å². The summed E-state index contributed by atoms with van der Waals surface area (Å²) >= 11 is 0. The highest BCUT2D eigenvalue weighted by Crippen LogP contribution is 2.23. The Morgan fingerprint density at radius 3 is 2.10 bits per heavy atom. The van der Waals surface area contributed by atoms with Crippen molar-refractivity contribution in [1.29, 1.82) is 0 Å². The second kappa shape index (κ2) is 3.70. The molecule has 0 aromatic heterocycles. The standard InChI is InChI=1S/C4H5F5O/c5-1-3(7)4(8,9)10-2-6/h3H,1-2H2. The molecule has 0 aromatic rings. The van der Waals surface area contributed by atoms with Crippen molar-refractivity contribution in [3.05, 3.63) is 0 Å². The molecule has 0 aromatic carbocycles. The normalized spacial score (nSPS) is 15.3. The number of alkyl halides is 5. The summed E-state index contributed by atoms with van der Waals surface area (Å²) in [6, 6.07) is 0. The van der Waals surface area contributed by atoms with Gasteiger partial charge in [-0.25, -0.2) is 13.2 Å². The van der Waals surface area contributed by atoms with Crippen molar-refractivity contribution < 1.29 is 26.7 Å². The van der Waals surface area contributed by atoms with E-state index in [-0.39, 0.29) is 0 Å². The zero-order chi connectivity index (χ0) is 8.20. The molecule has 1 nitrogen and oxygen atoms in total. The van der Waals surface area contributed by atoms with E-state index in [2.05, 4.69) is 4.74 Å². The number of hydrogen-bond acceptors (Lipinski definition) is 1. The van der Waals surface area contributed by atoms with Crippen molar-refractivity contribution in [3.63, 3.8) is 0 Å². The van der Waals surface area contributed by atoms with E-state index in [1.165, 1.54) is 0 Å². The predicted octanol–water partition coefficient (Wildman–Crippen LogP) is 1.83. The van der Waals surface area contributed by atoms with Crippen LogP contribution in [0.5, 0.6) is 0 Å². The molecule has 62 valence electrons. The summed E-state index contributed by atoms with van der Waals surface area (Å²) in [5.74, 6) is 0. The zero-order valence-electron chi connectivity index (χ0n) is 4.79. The Hall–Kier alpha value is -0.390. The Morgan fingerprint density at radius 2 is 1.80 bits per heavy atom. The van der Waals surface area contributed by atoms with Crippen LogP contribution in [0.4, 0.5) is 22.0 Å². The lowest BCUT2D eigenvalue weighted by atomic mass is 10.4. The Balaban J connectivity index is 3.82. The van der Waals surface area contributed by atoms with Crippen LogP contribution < -0.4 is 0 Å². The van der Waals surface area contributed by atoms with Gasteiger partial charge in [0.1, 0.15) is 6.67 Å². The Labute approximate surface area is 53.8 Å². The summed E-state index contributed by atoms with van der Waals surface area (Å²) in [7, 11) is 0. The Kier molecular flexibility index (Phi) is 3.55. The van der Waals surface area contributed by atoms with Crippen LogP contribution in [0.3, 0.4) is 0 Å². The maximum Gasteiger partial charge on any atom is 0.391 e. The maximum absolute atomic E-state index is 11.7. The summed E-state index contributed by atoms with van der Waals surface area (Å²) in [6.07, 6.45) is -7.45. The van der Waals surface area contributed by atoms with Crippen LogP contribution in [0.1, 0.15) is 0 Å². The third kappa shape index (κ3) is 2.47. The van der Waals surface area contributed by atoms with Gasteiger partial charge in [-0.3, -0.25) is 4.74 Å². The van der Waals surface area contributed by atoms with Gasteiger partial charge in [-0.15, -0.1) is 0 Å². The van der Waals surface area contributed by atoms with Crippen LogP contribution in [0.15, 0.2) is 0 Å². The fourth-order valence-corrected chi connectivity index (χ4v) is 0.253. The van der Waals surface area contributed by atoms with E-state index in [9.17, 15) is 22.0 Å². The smallest absolute Gasteiger partial charge is 0.286 e. The molecule has 0 aliphatic carbocycles. The first-order valence-electron chi connectivity index (χ1n) is 2.32. The monoisotopic (exact) mass is 164 g/mol. The first kappa shape index (κ1) is 9.61. The molecule has 1 unspecified atom stereocenters. The van der Waals surface area contributed by atoms with Crippen LogP contribution in [0, 0.1) is 0 Å². The third-order valence-electron chi connectivity index (χ3n) is 0.747. The summed E-state index contributed by atoms with van der Waals surface area (Å²) in [5, 5.41) is 0. The Morgan fingerprint density at radius 1 is 1.30 bits per heavy atom.